The number of carbonyl (C=O) groups excluding carboxylic acids is 1. The molecule has 0 aromatic carbocycles. The molecule has 1 fully saturated rings. The largest absolute Gasteiger partial charge is 0.332 e. The predicted octanol–water partition coefficient (Wildman–Crippen LogP) is 1.38. The van der Waals surface area contributed by atoms with Crippen molar-refractivity contribution in [3.8, 4) is 0 Å². The summed E-state index contributed by atoms with van der Waals surface area (Å²) in [5.74, 6) is 1.48. The standard InChI is InChI=1S/C12H19N3O/c1-15-9-8-14-12(15)11(16)3-2-10-4-6-13-7-5-10/h8-10,13H,2-7H2,1H3. The number of hydrogen-bond acceptors (Lipinski definition) is 3. The number of ketones is 1. The van der Waals surface area contributed by atoms with Crippen LogP contribution in [0.1, 0.15) is 36.3 Å². The van der Waals surface area contributed by atoms with Gasteiger partial charge in [0.15, 0.2) is 11.6 Å². The molecule has 0 unspecified atom stereocenters. The molecule has 0 bridgehead atoms. The quantitative estimate of drug-likeness (QED) is 0.781. The van der Waals surface area contributed by atoms with Gasteiger partial charge in [-0.05, 0) is 38.3 Å². The van der Waals surface area contributed by atoms with Crippen LogP contribution >= 0.6 is 0 Å². The number of Topliss-reactive ketones (excluding diaryl/α,β-unsaturated/α-hetero) is 1. The molecule has 1 aromatic rings. The lowest BCUT2D eigenvalue weighted by Crippen LogP contribution is -2.28. The Morgan fingerprint density at radius 2 is 2.31 bits per heavy atom. The first kappa shape index (κ1) is 11.3. The minimum Gasteiger partial charge on any atom is -0.332 e. The summed E-state index contributed by atoms with van der Waals surface area (Å²) in [4.78, 5) is 16.0. The fraction of sp³-hybridized carbons (Fsp3) is 0.667. The van der Waals surface area contributed by atoms with Crippen LogP contribution in [-0.2, 0) is 7.05 Å². The summed E-state index contributed by atoms with van der Waals surface area (Å²) in [6, 6.07) is 0. The lowest BCUT2D eigenvalue weighted by molar-refractivity contribution is 0.0957. The molecule has 1 aliphatic rings. The lowest BCUT2D eigenvalue weighted by Gasteiger charge is -2.21. The second kappa shape index (κ2) is 5.25. The summed E-state index contributed by atoms with van der Waals surface area (Å²) in [7, 11) is 1.87. The Balaban J connectivity index is 1.81. The van der Waals surface area contributed by atoms with Gasteiger partial charge in [-0.2, -0.15) is 0 Å². The number of aryl methyl sites for hydroxylation is 1. The van der Waals surface area contributed by atoms with E-state index in [0.717, 1.165) is 19.5 Å². The average molecular weight is 221 g/mol. The van der Waals surface area contributed by atoms with Gasteiger partial charge in [-0.15, -0.1) is 0 Å². The van der Waals surface area contributed by atoms with Gasteiger partial charge in [0.1, 0.15) is 0 Å². The molecule has 1 N–H and O–H groups in total. The van der Waals surface area contributed by atoms with Gasteiger partial charge in [0.25, 0.3) is 0 Å². The third-order valence-electron chi connectivity index (χ3n) is 3.31. The Kier molecular flexibility index (Phi) is 3.72. The molecule has 1 saturated heterocycles. The van der Waals surface area contributed by atoms with Gasteiger partial charge >= 0.3 is 0 Å². The van der Waals surface area contributed by atoms with Crippen molar-refractivity contribution >= 4 is 5.78 Å². The summed E-state index contributed by atoms with van der Waals surface area (Å²) in [6.07, 6.45) is 7.54. The highest BCUT2D eigenvalue weighted by Gasteiger charge is 2.16. The maximum Gasteiger partial charge on any atom is 0.198 e. The lowest BCUT2D eigenvalue weighted by atomic mass is 9.92. The maximum atomic E-state index is 11.9. The van der Waals surface area contributed by atoms with Crippen molar-refractivity contribution in [2.24, 2.45) is 13.0 Å². The number of nitrogens with one attached hydrogen (secondary N) is 1. The van der Waals surface area contributed by atoms with Gasteiger partial charge in [-0.1, -0.05) is 0 Å². The summed E-state index contributed by atoms with van der Waals surface area (Å²) in [6.45, 7) is 2.20. The van der Waals surface area contributed by atoms with E-state index in [9.17, 15) is 4.79 Å². The van der Waals surface area contributed by atoms with E-state index in [2.05, 4.69) is 10.3 Å². The number of piperidine rings is 1. The first-order chi connectivity index (χ1) is 7.77. The van der Waals surface area contributed by atoms with Crippen LogP contribution in [0.2, 0.25) is 0 Å². The molecule has 4 heteroatoms. The summed E-state index contributed by atoms with van der Waals surface area (Å²) < 4.78 is 1.80. The summed E-state index contributed by atoms with van der Waals surface area (Å²) >= 11 is 0. The van der Waals surface area contributed by atoms with Crippen LogP contribution in [0.3, 0.4) is 0 Å². The van der Waals surface area contributed by atoms with E-state index >= 15 is 0 Å². The Labute approximate surface area is 96.1 Å². The number of imidazole rings is 1. The minimum atomic E-state index is 0.172. The van der Waals surface area contributed by atoms with Crippen LogP contribution in [0.5, 0.6) is 0 Å². The van der Waals surface area contributed by atoms with Crippen LogP contribution in [0, 0.1) is 5.92 Å². The molecule has 2 heterocycles. The van der Waals surface area contributed by atoms with Gasteiger partial charge in [-0.25, -0.2) is 4.98 Å². The molecule has 0 radical (unpaired) electrons. The number of aromatic nitrogens is 2. The second-order valence-electron chi connectivity index (χ2n) is 4.52. The van der Waals surface area contributed by atoms with E-state index in [4.69, 9.17) is 0 Å². The number of hydrogen-bond donors (Lipinski definition) is 1. The third-order valence-corrected chi connectivity index (χ3v) is 3.31. The van der Waals surface area contributed by atoms with Gasteiger partial charge < -0.3 is 9.88 Å². The van der Waals surface area contributed by atoms with E-state index in [1.165, 1.54) is 12.8 Å². The Bertz CT molecular complexity index is 353. The van der Waals surface area contributed by atoms with Crippen LogP contribution in [0.25, 0.3) is 0 Å². The monoisotopic (exact) mass is 221 g/mol. The topological polar surface area (TPSA) is 46.9 Å². The highest BCUT2D eigenvalue weighted by molar-refractivity contribution is 5.92. The van der Waals surface area contributed by atoms with Crippen LogP contribution in [0.4, 0.5) is 0 Å². The number of carbonyl (C=O) groups is 1. The molecule has 1 aliphatic heterocycles. The zero-order chi connectivity index (χ0) is 11.4. The summed E-state index contributed by atoms with van der Waals surface area (Å²) in [5.41, 5.74) is 0. The van der Waals surface area contributed by atoms with Gasteiger partial charge in [0.2, 0.25) is 0 Å². The summed E-state index contributed by atoms with van der Waals surface area (Å²) in [5, 5.41) is 3.34. The molecule has 1 aromatic heterocycles. The SMILES string of the molecule is Cn1ccnc1C(=O)CCC1CCNCC1. The fourth-order valence-electron chi connectivity index (χ4n) is 2.25. The maximum absolute atomic E-state index is 11.9. The second-order valence-corrected chi connectivity index (χ2v) is 4.52. The molecule has 2 rings (SSSR count). The van der Waals surface area contributed by atoms with Crippen molar-refractivity contribution in [3.05, 3.63) is 18.2 Å². The molecule has 0 saturated carbocycles. The molecule has 0 spiro atoms. The zero-order valence-corrected chi connectivity index (χ0v) is 9.78. The Morgan fingerprint density at radius 1 is 1.56 bits per heavy atom. The minimum absolute atomic E-state index is 0.172. The van der Waals surface area contributed by atoms with E-state index in [0.29, 0.717) is 18.2 Å². The Morgan fingerprint density at radius 3 is 2.94 bits per heavy atom. The van der Waals surface area contributed by atoms with E-state index < -0.39 is 0 Å². The molecule has 4 nitrogen and oxygen atoms in total. The molecular formula is C12H19N3O. The molecule has 16 heavy (non-hydrogen) atoms. The molecule has 0 aliphatic carbocycles. The van der Waals surface area contributed by atoms with Crippen LogP contribution in [0.15, 0.2) is 12.4 Å². The smallest absolute Gasteiger partial charge is 0.198 e. The van der Waals surface area contributed by atoms with Crippen molar-refractivity contribution in [3.63, 3.8) is 0 Å². The van der Waals surface area contributed by atoms with Crippen LogP contribution in [-0.4, -0.2) is 28.4 Å². The molecule has 0 atom stereocenters. The predicted molar refractivity (Wildman–Crippen MR) is 62.4 cm³/mol. The number of rotatable bonds is 4. The first-order valence-electron chi connectivity index (χ1n) is 5.98. The molecular weight excluding hydrogens is 202 g/mol. The first-order valence-corrected chi connectivity index (χ1v) is 5.98. The normalized spacial score (nSPS) is 17.6. The van der Waals surface area contributed by atoms with Gasteiger partial charge in [0.05, 0.1) is 0 Å². The Hall–Kier alpha value is -1.16. The van der Waals surface area contributed by atoms with Crippen molar-refractivity contribution in [1.82, 2.24) is 14.9 Å². The van der Waals surface area contributed by atoms with Gasteiger partial charge in [0, 0.05) is 25.9 Å². The third kappa shape index (κ3) is 2.70. The highest BCUT2D eigenvalue weighted by Crippen LogP contribution is 2.18. The van der Waals surface area contributed by atoms with Crippen LogP contribution < -0.4 is 5.32 Å². The highest BCUT2D eigenvalue weighted by atomic mass is 16.1. The molecule has 0 amide bonds. The van der Waals surface area contributed by atoms with Crippen molar-refractivity contribution < 1.29 is 4.79 Å². The van der Waals surface area contributed by atoms with Crippen molar-refractivity contribution in [2.45, 2.75) is 25.7 Å². The number of nitrogens with zero attached hydrogens (tertiary/aromatic N) is 2. The van der Waals surface area contributed by atoms with E-state index in [-0.39, 0.29) is 5.78 Å². The van der Waals surface area contributed by atoms with E-state index in [1.807, 2.05) is 13.2 Å². The van der Waals surface area contributed by atoms with Crippen molar-refractivity contribution in [2.75, 3.05) is 13.1 Å². The van der Waals surface area contributed by atoms with Crippen molar-refractivity contribution in [1.29, 1.82) is 0 Å². The van der Waals surface area contributed by atoms with Gasteiger partial charge in [-0.3, -0.25) is 4.79 Å². The zero-order valence-electron chi connectivity index (χ0n) is 9.78. The molecule has 88 valence electrons. The average Bonchev–Trinajstić information content (AvgIpc) is 2.74. The van der Waals surface area contributed by atoms with E-state index in [1.54, 1.807) is 10.8 Å². The fourth-order valence-corrected chi connectivity index (χ4v) is 2.25.